The van der Waals surface area contributed by atoms with Gasteiger partial charge in [0.25, 0.3) is 5.91 Å². The molecule has 0 atom stereocenters. The van der Waals surface area contributed by atoms with Crippen LogP contribution in [0.25, 0.3) is 0 Å². The van der Waals surface area contributed by atoms with E-state index in [1.807, 2.05) is 6.07 Å². The Morgan fingerprint density at radius 3 is 2.86 bits per heavy atom. The molecule has 0 radical (unpaired) electrons. The second kappa shape index (κ2) is 9.66. The molecule has 118 valence electrons. The first-order valence-corrected chi connectivity index (χ1v) is 6.97. The third-order valence-corrected chi connectivity index (χ3v) is 2.94. The fourth-order valence-electron chi connectivity index (χ4n) is 1.61. The number of anilines is 1. The summed E-state index contributed by atoms with van der Waals surface area (Å²) in [6.07, 6.45) is 2.00. The molecule has 0 aliphatic rings. The summed E-state index contributed by atoms with van der Waals surface area (Å²) in [5.41, 5.74) is 0.523. The summed E-state index contributed by atoms with van der Waals surface area (Å²) in [5.74, 6) is 0.102. The molecule has 7 heteroatoms. The molecule has 22 heavy (non-hydrogen) atoms. The van der Waals surface area contributed by atoms with Gasteiger partial charge in [0.15, 0.2) is 0 Å². The molecule has 0 saturated carbocycles. The van der Waals surface area contributed by atoms with E-state index in [0.29, 0.717) is 36.0 Å². The van der Waals surface area contributed by atoms with E-state index in [9.17, 15) is 4.79 Å². The Hall–Kier alpha value is -2.23. The van der Waals surface area contributed by atoms with Crippen molar-refractivity contribution in [2.75, 3.05) is 32.7 Å². The summed E-state index contributed by atoms with van der Waals surface area (Å²) >= 11 is 5.91. The summed E-state index contributed by atoms with van der Waals surface area (Å²) in [6.45, 7) is 0.982. The highest BCUT2D eigenvalue weighted by Gasteiger charge is 2.09. The predicted octanol–water partition coefficient (Wildman–Crippen LogP) is 2.32. The van der Waals surface area contributed by atoms with Crippen molar-refractivity contribution in [3.63, 3.8) is 0 Å². The van der Waals surface area contributed by atoms with Gasteiger partial charge in [-0.25, -0.2) is 0 Å². The van der Waals surface area contributed by atoms with Crippen LogP contribution in [0.5, 0.6) is 5.75 Å². The van der Waals surface area contributed by atoms with Gasteiger partial charge >= 0.3 is 0 Å². The van der Waals surface area contributed by atoms with Gasteiger partial charge in [-0.05, 0) is 24.6 Å². The molecule has 0 bridgehead atoms. The molecule has 0 spiro atoms. The van der Waals surface area contributed by atoms with Gasteiger partial charge in [0.1, 0.15) is 17.4 Å². The van der Waals surface area contributed by atoms with Gasteiger partial charge in [0.2, 0.25) is 0 Å². The Labute approximate surface area is 134 Å². The Balaban J connectivity index is 2.71. The Morgan fingerprint density at radius 1 is 1.45 bits per heavy atom. The van der Waals surface area contributed by atoms with Crippen LogP contribution in [0.3, 0.4) is 0 Å². The van der Waals surface area contributed by atoms with Crippen molar-refractivity contribution in [1.29, 1.82) is 5.26 Å². The van der Waals surface area contributed by atoms with Crippen molar-refractivity contribution >= 4 is 23.2 Å². The summed E-state index contributed by atoms with van der Waals surface area (Å²) < 4.78 is 10.1. The topological polar surface area (TPSA) is 83.4 Å². The summed E-state index contributed by atoms with van der Waals surface area (Å²) in [4.78, 5) is 11.8. The highest BCUT2D eigenvalue weighted by atomic mass is 35.5. The maximum absolute atomic E-state index is 11.8. The minimum atomic E-state index is -0.452. The van der Waals surface area contributed by atoms with Gasteiger partial charge in [0, 0.05) is 31.5 Å². The number of ether oxygens (including phenoxy) is 2. The van der Waals surface area contributed by atoms with Crippen LogP contribution >= 0.6 is 11.6 Å². The maximum Gasteiger partial charge on any atom is 0.263 e. The molecule has 0 aromatic heterocycles. The molecule has 0 unspecified atom stereocenters. The zero-order valence-corrected chi connectivity index (χ0v) is 13.2. The van der Waals surface area contributed by atoms with E-state index >= 15 is 0 Å². The number of methoxy groups -OCH3 is 2. The number of carbonyl (C=O) groups excluding carboxylic acids is 1. The minimum absolute atomic E-state index is 0.0422. The number of benzene rings is 1. The number of hydrogen-bond acceptors (Lipinski definition) is 5. The van der Waals surface area contributed by atoms with Gasteiger partial charge in [-0.1, -0.05) is 11.6 Å². The van der Waals surface area contributed by atoms with Crippen molar-refractivity contribution in [3.05, 3.63) is 35.0 Å². The Morgan fingerprint density at radius 2 is 2.23 bits per heavy atom. The van der Waals surface area contributed by atoms with E-state index in [2.05, 4.69) is 10.6 Å². The molecule has 6 nitrogen and oxygen atoms in total. The number of rotatable bonds is 8. The quantitative estimate of drug-likeness (QED) is 0.436. The second-order valence-electron chi connectivity index (χ2n) is 4.26. The average molecular weight is 324 g/mol. The van der Waals surface area contributed by atoms with Crippen LogP contribution in [0.15, 0.2) is 30.0 Å². The Bertz CT molecular complexity index is 582. The molecule has 0 saturated heterocycles. The van der Waals surface area contributed by atoms with Gasteiger partial charge in [-0.15, -0.1) is 0 Å². The highest BCUT2D eigenvalue weighted by Crippen LogP contribution is 2.27. The number of nitriles is 1. The number of amides is 1. The number of carbonyl (C=O) groups is 1. The van der Waals surface area contributed by atoms with Crippen molar-refractivity contribution < 1.29 is 14.3 Å². The number of nitrogens with one attached hydrogen (secondary N) is 2. The molecule has 0 fully saturated rings. The van der Waals surface area contributed by atoms with Crippen LogP contribution in [0.2, 0.25) is 5.02 Å². The lowest BCUT2D eigenvalue weighted by molar-refractivity contribution is -0.117. The van der Waals surface area contributed by atoms with Gasteiger partial charge in [-0.2, -0.15) is 5.26 Å². The lowest BCUT2D eigenvalue weighted by Crippen LogP contribution is -2.26. The number of halogens is 1. The first-order chi connectivity index (χ1) is 10.6. The van der Waals surface area contributed by atoms with E-state index in [1.54, 1.807) is 25.3 Å². The molecule has 0 aliphatic heterocycles. The van der Waals surface area contributed by atoms with E-state index in [-0.39, 0.29) is 5.57 Å². The molecule has 0 heterocycles. The highest BCUT2D eigenvalue weighted by molar-refractivity contribution is 6.30. The van der Waals surface area contributed by atoms with Crippen molar-refractivity contribution in [2.45, 2.75) is 6.42 Å². The largest absolute Gasteiger partial charge is 0.495 e. The van der Waals surface area contributed by atoms with Crippen LogP contribution in [0.4, 0.5) is 5.69 Å². The normalized spacial score (nSPS) is 10.7. The zero-order valence-electron chi connectivity index (χ0n) is 12.5. The van der Waals surface area contributed by atoms with Crippen LogP contribution < -0.4 is 15.4 Å². The van der Waals surface area contributed by atoms with Gasteiger partial charge in [0.05, 0.1) is 12.8 Å². The molecule has 1 aromatic carbocycles. The van der Waals surface area contributed by atoms with E-state index < -0.39 is 5.91 Å². The van der Waals surface area contributed by atoms with Crippen LogP contribution in [0.1, 0.15) is 6.42 Å². The first kappa shape index (κ1) is 17.8. The van der Waals surface area contributed by atoms with Crippen LogP contribution in [-0.4, -0.2) is 33.3 Å². The van der Waals surface area contributed by atoms with Crippen LogP contribution in [0, 0.1) is 11.3 Å². The monoisotopic (exact) mass is 323 g/mol. The maximum atomic E-state index is 11.8. The molecule has 1 rings (SSSR count). The lowest BCUT2D eigenvalue weighted by atomic mass is 10.2. The molecule has 2 N–H and O–H groups in total. The summed E-state index contributed by atoms with van der Waals surface area (Å²) in [5, 5.41) is 15.1. The van der Waals surface area contributed by atoms with E-state index in [0.717, 1.165) is 0 Å². The number of nitrogens with zero attached hydrogens (tertiary/aromatic N) is 1. The van der Waals surface area contributed by atoms with Crippen molar-refractivity contribution in [2.24, 2.45) is 0 Å². The number of hydrogen-bond donors (Lipinski definition) is 2. The third-order valence-electron chi connectivity index (χ3n) is 2.71. The van der Waals surface area contributed by atoms with Gasteiger partial charge in [-0.3, -0.25) is 4.79 Å². The molecular weight excluding hydrogens is 306 g/mol. The molecular formula is C15H18ClN3O3. The lowest BCUT2D eigenvalue weighted by Gasteiger charge is -2.09. The van der Waals surface area contributed by atoms with E-state index in [1.165, 1.54) is 13.3 Å². The smallest absolute Gasteiger partial charge is 0.263 e. The first-order valence-electron chi connectivity index (χ1n) is 6.59. The minimum Gasteiger partial charge on any atom is -0.495 e. The standard InChI is InChI=1S/C15H18ClN3O3/c1-21-7-3-6-18-15(20)11(9-17)10-19-13-8-12(16)4-5-14(13)22-2/h4-5,8,10,19H,3,6-7H2,1-2H3,(H,18,20)/b11-10-. The average Bonchev–Trinajstić information content (AvgIpc) is 2.52. The Kier molecular flexibility index (Phi) is 7.83. The van der Waals surface area contributed by atoms with E-state index in [4.69, 9.17) is 26.3 Å². The zero-order chi connectivity index (χ0) is 16.4. The van der Waals surface area contributed by atoms with Gasteiger partial charge < -0.3 is 20.1 Å². The fourth-order valence-corrected chi connectivity index (χ4v) is 1.78. The SMILES string of the molecule is COCCCNC(=O)/C(C#N)=C\Nc1cc(Cl)ccc1OC. The van der Waals surface area contributed by atoms with Crippen molar-refractivity contribution in [3.8, 4) is 11.8 Å². The third kappa shape index (κ3) is 5.64. The van der Waals surface area contributed by atoms with Crippen molar-refractivity contribution in [1.82, 2.24) is 5.32 Å². The van der Waals surface area contributed by atoms with Crippen LogP contribution in [-0.2, 0) is 9.53 Å². The summed E-state index contributed by atoms with van der Waals surface area (Å²) in [7, 11) is 3.11. The molecule has 0 aliphatic carbocycles. The molecule has 1 amide bonds. The fraction of sp³-hybridized carbons (Fsp3) is 0.333. The second-order valence-corrected chi connectivity index (χ2v) is 4.70. The predicted molar refractivity (Wildman–Crippen MR) is 84.8 cm³/mol. The molecule has 1 aromatic rings. The summed E-state index contributed by atoms with van der Waals surface area (Å²) in [6, 6.07) is 6.86.